The van der Waals surface area contributed by atoms with Crippen molar-refractivity contribution in [1.82, 2.24) is 6.15 Å². The van der Waals surface area contributed by atoms with Crippen LogP contribution >= 0.6 is 0 Å². The molecule has 0 aromatic rings. The molecule has 5 N–H and O–H groups in total. The monoisotopic (exact) mass is 249 g/mol. The van der Waals surface area contributed by atoms with Crippen LogP contribution in [-0.4, -0.2) is 28.8 Å². The van der Waals surface area contributed by atoms with Gasteiger partial charge in [0.15, 0.2) is 0 Å². The Morgan fingerprint density at radius 3 is 1.18 bits per heavy atom. The van der Waals surface area contributed by atoms with Gasteiger partial charge >= 0.3 is 0 Å². The van der Waals surface area contributed by atoms with Crippen molar-refractivity contribution in [1.29, 1.82) is 0 Å². The van der Waals surface area contributed by atoms with Crippen LogP contribution < -0.4 is 11.9 Å². The Morgan fingerprint density at radius 2 is 1.18 bits per heavy atom. The fourth-order valence-corrected chi connectivity index (χ4v) is 1.12. The highest BCUT2D eigenvalue weighted by atomic mass is 16.6. The summed E-state index contributed by atoms with van der Waals surface area (Å²) in [5.41, 5.74) is 5.27. The molecule has 0 amide bonds. The molecule has 17 heavy (non-hydrogen) atoms. The number of likely N-dealkylation sites (tertiary alicyclic amines) is 1. The van der Waals surface area contributed by atoms with Crippen molar-refractivity contribution in [2.45, 2.75) is 72.9 Å². The SMILES string of the molecule is CC.CC(C)(C)N.CC(C)(C)[N+]1([O-])CCC1.N. The van der Waals surface area contributed by atoms with Crippen LogP contribution in [0.3, 0.4) is 0 Å². The molecule has 0 spiro atoms. The molecule has 0 bridgehead atoms. The Morgan fingerprint density at radius 1 is 0.941 bits per heavy atom. The van der Waals surface area contributed by atoms with E-state index < -0.39 is 0 Å². The Balaban J connectivity index is -0.000000213. The minimum absolute atomic E-state index is 0. The topological polar surface area (TPSA) is 84.1 Å². The summed E-state index contributed by atoms with van der Waals surface area (Å²) < 4.78 is 0.0208. The fraction of sp³-hybridized carbons (Fsp3) is 1.00. The highest BCUT2D eigenvalue weighted by molar-refractivity contribution is 4.69. The van der Waals surface area contributed by atoms with Gasteiger partial charge in [-0.15, -0.1) is 0 Å². The second-order valence-electron chi connectivity index (χ2n) is 6.23. The first-order valence-electron chi connectivity index (χ1n) is 6.33. The van der Waals surface area contributed by atoms with Gasteiger partial charge in [0.2, 0.25) is 0 Å². The van der Waals surface area contributed by atoms with Crippen molar-refractivity contribution in [3.05, 3.63) is 5.21 Å². The van der Waals surface area contributed by atoms with Crippen LogP contribution in [0.1, 0.15) is 61.8 Å². The predicted octanol–water partition coefficient (Wildman–Crippen LogP) is 3.44. The van der Waals surface area contributed by atoms with E-state index in [2.05, 4.69) is 0 Å². The van der Waals surface area contributed by atoms with Gasteiger partial charge in [-0.25, -0.2) is 0 Å². The normalized spacial score (nSPS) is 17.3. The van der Waals surface area contributed by atoms with Gasteiger partial charge in [-0.2, -0.15) is 0 Å². The molecule has 108 valence electrons. The van der Waals surface area contributed by atoms with E-state index in [0.717, 1.165) is 19.5 Å². The summed E-state index contributed by atoms with van der Waals surface area (Å²) in [6.07, 6.45) is 1.11. The van der Waals surface area contributed by atoms with Crippen molar-refractivity contribution in [2.75, 3.05) is 13.1 Å². The van der Waals surface area contributed by atoms with Crippen LogP contribution in [0.4, 0.5) is 0 Å². The molecule has 1 fully saturated rings. The third-order valence-corrected chi connectivity index (χ3v) is 2.26. The van der Waals surface area contributed by atoms with E-state index in [9.17, 15) is 5.21 Å². The largest absolute Gasteiger partial charge is 0.632 e. The Kier molecular flexibility index (Phi) is 10.4. The minimum atomic E-state index is -0.0851. The molecule has 1 rings (SSSR count). The molecule has 0 aromatic heterocycles. The van der Waals surface area contributed by atoms with Gasteiger partial charge in [0.25, 0.3) is 0 Å². The van der Waals surface area contributed by atoms with Crippen molar-refractivity contribution < 1.29 is 4.65 Å². The van der Waals surface area contributed by atoms with Crippen LogP contribution in [-0.2, 0) is 0 Å². The standard InChI is InChI=1S/C7H15NO.C4H11N.C2H6.H3N/c1-7(2,3)8(9)5-4-6-8;1-4(2,3)5;1-2;/h4-6H2,1-3H3;5H2,1-3H3;1-2H3;1H3. The first-order valence-corrected chi connectivity index (χ1v) is 6.33. The minimum Gasteiger partial charge on any atom is -0.632 e. The van der Waals surface area contributed by atoms with Crippen molar-refractivity contribution in [3.8, 4) is 0 Å². The summed E-state index contributed by atoms with van der Waals surface area (Å²) >= 11 is 0. The first-order chi connectivity index (χ1) is 6.96. The summed E-state index contributed by atoms with van der Waals surface area (Å²) in [6.45, 7) is 17.6. The van der Waals surface area contributed by atoms with Crippen molar-refractivity contribution in [2.24, 2.45) is 5.73 Å². The van der Waals surface area contributed by atoms with Crippen LogP contribution in [0.15, 0.2) is 0 Å². The number of hydrogen-bond donors (Lipinski definition) is 2. The van der Waals surface area contributed by atoms with E-state index in [-0.39, 0.29) is 21.9 Å². The zero-order chi connectivity index (χ0) is 13.6. The molecule has 1 saturated heterocycles. The lowest BCUT2D eigenvalue weighted by molar-refractivity contribution is -0.961. The Labute approximate surface area is 108 Å². The van der Waals surface area contributed by atoms with Crippen molar-refractivity contribution >= 4 is 0 Å². The maximum absolute atomic E-state index is 11.5. The van der Waals surface area contributed by atoms with E-state index in [0.29, 0.717) is 0 Å². The highest BCUT2D eigenvalue weighted by Crippen LogP contribution is 2.30. The summed E-state index contributed by atoms with van der Waals surface area (Å²) in [4.78, 5) is 0. The first kappa shape index (κ1) is 22.1. The van der Waals surface area contributed by atoms with E-state index >= 15 is 0 Å². The van der Waals surface area contributed by atoms with Crippen LogP contribution in [0.5, 0.6) is 0 Å². The molecule has 0 aromatic carbocycles. The van der Waals surface area contributed by atoms with Crippen molar-refractivity contribution in [3.63, 3.8) is 0 Å². The quantitative estimate of drug-likeness (QED) is 0.509. The number of rotatable bonds is 0. The second kappa shape index (κ2) is 8.03. The molecule has 1 heterocycles. The lowest BCUT2D eigenvalue weighted by atomic mass is 10.00. The molecule has 4 heteroatoms. The molecule has 0 saturated carbocycles. The lowest BCUT2D eigenvalue weighted by Gasteiger charge is -2.58. The molecule has 0 unspecified atom stereocenters. The molecule has 0 radical (unpaired) electrons. The zero-order valence-electron chi connectivity index (χ0n) is 13.3. The number of quaternary nitrogens is 1. The Bertz CT molecular complexity index is 170. The maximum atomic E-state index is 11.5. The number of nitrogens with two attached hydrogens (primary N) is 1. The molecule has 0 atom stereocenters. The van der Waals surface area contributed by atoms with Crippen LogP contribution in [0, 0.1) is 5.21 Å². The fourth-order valence-electron chi connectivity index (χ4n) is 1.12. The summed E-state index contributed by atoms with van der Waals surface area (Å²) in [7, 11) is 0. The maximum Gasteiger partial charge on any atom is 0.0904 e. The smallest absolute Gasteiger partial charge is 0.0904 e. The molecule has 1 aliphatic rings. The Hall–Kier alpha value is -0.160. The molecular formula is C13H35N3O. The van der Waals surface area contributed by atoms with Gasteiger partial charge in [0.1, 0.15) is 0 Å². The van der Waals surface area contributed by atoms with Crippen LogP contribution in [0.25, 0.3) is 0 Å². The molecule has 0 aliphatic carbocycles. The summed E-state index contributed by atoms with van der Waals surface area (Å²) in [5, 5.41) is 11.5. The zero-order valence-corrected chi connectivity index (χ0v) is 13.3. The lowest BCUT2D eigenvalue weighted by Crippen LogP contribution is -2.63. The van der Waals surface area contributed by atoms with E-state index in [4.69, 9.17) is 5.73 Å². The van der Waals surface area contributed by atoms with Gasteiger partial charge in [0.05, 0.1) is 18.6 Å². The average molecular weight is 249 g/mol. The number of hydroxylamine groups is 3. The van der Waals surface area contributed by atoms with Crippen LogP contribution in [0.2, 0.25) is 0 Å². The second-order valence-corrected chi connectivity index (χ2v) is 6.23. The third kappa shape index (κ3) is 10.7. The summed E-state index contributed by atoms with van der Waals surface area (Å²) in [6, 6.07) is 0. The van der Waals surface area contributed by atoms with E-state index in [1.807, 2.05) is 55.4 Å². The van der Waals surface area contributed by atoms with Gasteiger partial charge in [-0.05, 0) is 41.5 Å². The highest BCUT2D eigenvalue weighted by Gasteiger charge is 2.37. The molecule has 4 nitrogen and oxygen atoms in total. The van der Waals surface area contributed by atoms with E-state index in [1.165, 1.54) is 0 Å². The average Bonchev–Trinajstić information content (AvgIpc) is 1.99. The molecular weight excluding hydrogens is 214 g/mol. The van der Waals surface area contributed by atoms with Gasteiger partial charge < -0.3 is 21.7 Å². The third-order valence-electron chi connectivity index (χ3n) is 2.26. The van der Waals surface area contributed by atoms with Gasteiger partial charge in [0, 0.05) is 12.0 Å². The van der Waals surface area contributed by atoms with E-state index in [1.54, 1.807) is 0 Å². The number of nitrogens with zero attached hydrogens (tertiary/aromatic N) is 1. The molecule has 1 aliphatic heterocycles. The van der Waals surface area contributed by atoms with Gasteiger partial charge in [-0.1, -0.05) is 13.8 Å². The van der Waals surface area contributed by atoms with Gasteiger partial charge in [-0.3, -0.25) is 0 Å². The summed E-state index contributed by atoms with van der Waals surface area (Å²) in [5.74, 6) is 0. The number of hydrogen-bond acceptors (Lipinski definition) is 3. The predicted molar refractivity (Wildman–Crippen MR) is 78.0 cm³/mol.